The molecule has 44 valence electrons. The quantitative estimate of drug-likeness (QED) is 0.427. The van der Waals surface area contributed by atoms with Crippen LogP contribution in [-0.2, 0) is 4.74 Å². The molecule has 0 spiro atoms. The van der Waals surface area contributed by atoms with Crippen LogP contribution in [-0.4, -0.2) is 19.6 Å². The molecule has 0 bridgehead atoms. The molecule has 0 aliphatic carbocycles. The molecule has 0 amide bonds. The highest BCUT2D eigenvalue weighted by Gasteiger charge is 1.95. The Kier molecular flexibility index (Phi) is 1.67. The Bertz CT molecular complexity index is 126. The number of methoxy groups -OCH3 is 1. The zero-order chi connectivity index (χ0) is 5.82. The van der Waals surface area contributed by atoms with Crippen molar-refractivity contribution in [2.45, 2.75) is 6.42 Å². The van der Waals surface area contributed by atoms with E-state index in [1.807, 2.05) is 6.08 Å². The first-order chi connectivity index (χ1) is 3.93. The number of rotatable bonds is 0. The fraction of sp³-hybridized carbons (Fsp3) is 0.500. The number of aliphatic imine (C=N–C) groups is 1. The van der Waals surface area contributed by atoms with Crippen LogP contribution in [0.2, 0.25) is 0 Å². The third-order valence-corrected chi connectivity index (χ3v) is 1.07. The number of ether oxygens (including phenoxy) is 1. The third-order valence-electron chi connectivity index (χ3n) is 1.07. The Hall–Kier alpha value is -0.790. The Morgan fingerprint density at radius 2 is 2.50 bits per heavy atom. The first kappa shape index (κ1) is 5.35. The Morgan fingerprint density at radius 1 is 1.62 bits per heavy atom. The molecule has 8 heavy (non-hydrogen) atoms. The van der Waals surface area contributed by atoms with Crippen LogP contribution in [0.5, 0.6) is 0 Å². The first-order valence-corrected chi connectivity index (χ1v) is 2.66. The van der Waals surface area contributed by atoms with Crippen LogP contribution in [0.3, 0.4) is 0 Å². The zero-order valence-corrected chi connectivity index (χ0v) is 4.92. The number of dihydropyridines is 1. The van der Waals surface area contributed by atoms with E-state index in [9.17, 15) is 0 Å². The van der Waals surface area contributed by atoms with E-state index >= 15 is 0 Å². The lowest BCUT2D eigenvalue weighted by molar-refractivity contribution is 0.392. The number of hydrogen-bond donors (Lipinski definition) is 0. The van der Waals surface area contributed by atoms with Gasteiger partial charge >= 0.3 is 0 Å². The summed E-state index contributed by atoms with van der Waals surface area (Å²) in [6.07, 6.45) is 4.95. The summed E-state index contributed by atoms with van der Waals surface area (Å²) in [6, 6.07) is 0. The van der Waals surface area contributed by atoms with Crippen LogP contribution in [0.1, 0.15) is 6.42 Å². The molecule has 1 rings (SSSR count). The van der Waals surface area contributed by atoms with Gasteiger partial charge in [0.1, 0.15) is 0 Å². The SMILES string of the molecule is COC1=NCC=CC1. The van der Waals surface area contributed by atoms with E-state index in [0.717, 1.165) is 18.9 Å². The Morgan fingerprint density at radius 3 is 2.88 bits per heavy atom. The fourth-order valence-corrected chi connectivity index (χ4v) is 0.626. The van der Waals surface area contributed by atoms with Crippen molar-refractivity contribution >= 4 is 5.90 Å². The predicted molar refractivity (Wildman–Crippen MR) is 33.1 cm³/mol. The molecule has 0 radical (unpaired) electrons. The summed E-state index contributed by atoms with van der Waals surface area (Å²) in [6.45, 7) is 0.781. The monoisotopic (exact) mass is 111 g/mol. The van der Waals surface area contributed by atoms with Gasteiger partial charge in [-0.2, -0.15) is 0 Å². The normalized spacial score (nSPS) is 17.9. The third kappa shape index (κ3) is 1.09. The highest BCUT2D eigenvalue weighted by molar-refractivity contribution is 5.78. The molecule has 2 heteroatoms. The predicted octanol–water partition coefficient (Wildman–Crippen LogP) is 0.991. The fourth-order valence-electron chi connectivity index (χ4n) is 0.626. The maximum absolute atomic E-state index is 4.89. The molecule has 0 atom stereocenters. The molecule has 1 aliphatic heterocycles. The summed E-state index contributed by atoms with van der Waals surface area (Å²) in [5, 5.41) is 0. The molecule has 1 heterocycles. The van der Waals surface area contributed by atoms with Crippen molar-refractivity contribution in [3.05, 3.63) is 12.2 Å². The molecule has 0 unspecified atom stereocenters. The van der Waals surface area contributed by atoms with E-state index in [1.165, 1.54) is 0 Å². The average Bonchev–Trinajstić information content (AvgIpc) is 1.90. The lowest BCUT2D eigenvalue weighted by Gasteiger charge is -2.03. The van der Waals surface area contributed by atoms with E-state index < -0.39 is 0 Å². The molecule has 0 aromatic rings. The largest absolute Gasteiger partial charge is 0.484 e. The van der Waals surface area contributed by atoms with Gasteiger partial charge < -0.3 is 4.74 Å². The second-order valence-electron chi connectivity index (χ2n) is 1.61. The van der Waals surface area contributed by atoms with E-state index in [-0.39, 0.29) is 0 Å². The summed E-state index contributed by atoms with van der Waals surface area (Å²) in [7, 11) is 1.65. The molecule has 0 N–H and O–H groups in total. The van der Waals surface area contributed by atoms with Crippen LogP contribution in [0.25, 0.3) is 0 Å². The summed E-state index contributed by atoms with van der Waals surface area (Å²) < 4.78 is 4.89. The minimum absolute atomic E-state index is 0.781. The van der Waals surface area contributed by atoms with Crippen molar-refractivity contribution in [2.24, 2.45) is 4.99 Å². The standard InChI is InChI=1S/C6H9NO/c1-8-6-4-2-3-5-7-6/h2-3H,4-5H2,1H3. The number of hydrogen-bond acceptors (Lipinski definition) is 2. The lowest BCUT2D eigenvalue weighted by Crippen LogP contribution is -2.03. The second-order valence-corrected chi connectivity index (χ2v) is 1.61. The molecule has 0 aromatic heterocycles. The minimum Gasteiger partial charge on any atom is -0.484 e. The van der Waals surface area contributed by atoms with E-state index in [0.29, 0.717) is 0 Å². The van der Waals surface area contributed by atoms with Crippen LogP contribution >= 0.6 is 0 Å². The highest BCUT2D eigenvalue weighted by atomic mass is 16.5. The van der Waals surface area contributed by atoms with Gasteiger partial charge in [0.05, 0.1) is 13.7 Å². The first-order valence-electron chi connectivity index (χ1n) is 2.66. The smallest absolute Gasteiger partial charge is 0.187 e. The van der Waals surface area contributed by atoms with Gasteiger partial charge in [-0.3, -0.25) is 4.99 Å². The molecule has 0 fully saturated rings. The van der Waals surface area contributed by atoms with Gasteiger partial charge in [0.25, 0.3) is 0 Å². The van der Waals surface area contributed by atoms with Gasteiger partial charge in [-0.05, 0) is 0 Å². The maximum Gasteiger partial charge on any atom is 0.187 e. The van der Waals surface area contributed by atoms with Crippen molar-refractivity contribution in [3.63, 3.8) is 0 Å². The van der Waals surface area contributed by atoms with Crippen molar-refractivity contribution in [1.29, 1.82) is 0 Å². The van der Waals surface area contributed by atoms with E-state index in [1.54, 1.807) is 7.11 Å². The van der Waals surface area contributed by atoms with Gasteiger partial charge in [-0.1, -0.05) is 12.2 Å². The molecular weight excluding hydrogens is 102 g/mol. The summed E-state index contributed by atoms with van der Waals surface area (Å²) in [4.78, 5) is 4.06. The minimum atomic E-state index is 0.781. The maximum atomic E-state index is 4.89. The van der Waals surface area contributed by atoms with E-state index in [4.69, 9.17) is 4.74 Å². The summed E-state index contributed by atoms with van der Waals surface area (Å²) in [5.41, 5.74) is 0. The average molecular weight is 111 g/mol. The Labute approximate surface area is 48.9 Å². The van der Waals surface area contributed by atoms with Gasteiger partial charge in [0.2, 0.25) is 0 Å². The Balaban J connectivity index is 2.43. The van der Waals surface area contributed by atoms with Crippen LogP contribution in [0, 0.1) is 0 Å². The molecule has 1 aliphatic rings. The zero-order valence-electron chi connectivity index (χ0n) is 4.92. The van der Waals surface area contributed by atoms with Gasteiger partial charge in [0.15, 0.2) is 5.90 Å². The highest BCUT2D eigenvalue weighted by Crippen LogP contribution is 1.96. The second kappa shape index (κ2) is 2.50. The van der Waals surface area contributed by atoms with Gasteiger partial charge in [-0.15, -0.1) is 0 Å². The molecule has 2 nitrogen and oxygen atoms in total. The van der Waals surface area contributed by atoms with Gasteiger partial charge in [-0.25, -0.2) is 0 Å². The van der Waals surface area contributed by atoms with Crippen molar-refractivity contribution in [2.75, 3.05) is 13.7 Å². The topological polar surface area (TPSA) is 21.6 Å². The molecule has 0 saturated heterocycles. The van der Waals surface area contributed by atoms with Crippen molar-refractivity contribution in [1.82, 2.24) is 0 Å². The van der Waals surface area contributed by atoms with Crippen molar-refractivity contribution in [3.8, 4) is 0 Å². The molecular formula is C6H9NO. The van der Waals surface area contributed by atoms with Crippen molar-refractivity contribution < 1.29 is 4.74 Å². The number of nitrogens with zero attached hydrogens (tertiary/aromatic N) is 1. The lowest BCUT2D eigenvalue weighted by atomic mass is 10.3. The van der Waals surface area contributed by atoms with Crippen LogP contribution < -0.4 is 0 Å². The summed E-state index contributed by atoms with van der Waals surface area (Å²) in [5.74, 6) is 0.840. The molecule has 0 saturated carbocycles. The van der Waals surface area contributed by atoms with Crippen LogP contribution in [0.4, 0.5) is 0 Å². The molecule has 0 aromatic carbocycles. The summed E-state index contributed by atoms with van der Waals surface area (Å²) >= 11 is 0. The van der Waals surface area contributed by atoms with Crippen LogP contribution in [0.15, 0.2) is 17.1 Å². The van der Waals surface area contributed by atoms with E-state index in [2.05, 4.69) is 11.1 Å². The van der Waals surface area contributed by atoms with Gasteiger partial charge in [0, 0.05) is 6.42 Å².